The molecule has 2 aromatic rings. The summed E-state index contributed by atoms with van der Waals surface area (Å²) in [5, 5.41) is 9.47. The van der Waals surface area contributed by atoms with Gasteiger partial charge < -0.3 is 9.84 Å². The number of carboxylic acid groups (broad SMARTS) is 1. The molecule has 2 heterocycles. The Hall–Kier alpha value is -1.92. The van der Waals surface area contributed by atoms with Gasteiger partial charge >= 0.3 is 5.97 Å². The van der Waals surface area contributed by atoms with Gasteiger partial charge in [0.25, 0.3) is 0 Å². The SMILES string of the molecule is COc1ccc(Br)cc1C(Cc1ccccn1)N1CCCC(C(=O)O)C1. The number of methoxy groups -OCH3 is 1. The predicted octanol–water partition coefficient (Wildman–Crippen LogP) is 3.93. The van der Waals surface area contributed by atoms with Gasteiger partial charge in [-0.05, 0) is 49.7 Å². The number of aromatic nitrogens is 1. The van der Waals surface area contributed by atoms with Crippen molar-refractivity contribution in [3.63, 3.8) is 0 Å². The normalized spacial score (nSPS) is 19.1. The average Bonchev–Trinajstić information content (AvgIpc) is 2.67. The highest BCUT2D eigenvalue weighted by atomic mass is 79.9. The fourth-order valence-corrected chi connectivity index (χ4v) is 3.99. The third kappa shape index (κ3) is 4.43. The molecule has 1 aliphatic heterocycles. The molecule has 1 aromatic heterocycles. The average molecular weight is 419 g/mol. The lowest BCUT2D eigenvalue weighted by Crippen LogP contribution is -2.41. The van der Waals surface area contributed by atoms with E-state index >= 15 is 0 Å². The molecule has 0 saturated carbocycles. The summed E-state index contributed by atoms with van der Waals surface area (Å²) in [7, 11) is 1.67. The highest BCUT2D eigenvalue weighted by Crippen LogP contribution is 2.36. The van der Waals surface area contributed by atoms with E-state index in [-0.39, 0.29) is 12.0 Å². The number of nitrogens with zero attached hydrogens (tertiary/aromatic N) is 2. The van der Waals surface area contributed by atoms with Gasteiger partial charge in [0.05, 0.1) is 13.0 Å². The molecule has 3 rings (SSSR count). The van der Waals surface area contributed by atoms with Crippen LogP contribution in [0.4, 0.5) is 0 Å². The number of halogens is 1. The lowest BCUT2D eigenvalue weighted by atomic mass is 9.92. The van der Waals surface area contributed by atoms with E-state index < -0.39 is 5.97 Å². The van der Waals surface area contributed by atoms with Crippen LogP contribution in [0, 0.1) is 5.92 Å². The number of hydrogen-bond donors (Lipinski definition) is 1. The molecular weight excluding hydrogens is 396 g/mol. The molecule has 1 saturated heterocycles. The van der Waals surface area contributed by atoms with Gasteiger partial charge in [0.2, 0.25) is 0 Å². The Morgan fingerprint density at radius 1 is 1.42 bits per heavy atom. The molecule has 0 bridgehead atoms. The number of likely N-dealkylation sites (tertiary alicyclic amines) is 1. The quantitative estimate of drug-likeness (QED) is 0.769. The minimum atomic E-state index is -0.715. The summed E-state index contributed by atoms with van der Waals surface area (Å²) in [6, 6.07) is 11.9. The molecule has 5 nitrogen and oxygen atoms in total. The molecule has 2 unspecified atom stereocenters. The number of rotatable bonds is 6. The molecule has 26 heavy (non-hydrogen) atoms. The largest absolute Gasteiger partial charge is 0.496 e. The summed E-state index contributed by atoms with van der Waals surface area (Å²) in [5.41, 5.74) is 2.04. The molecular formula is C20H23BrN2O3. The number of aliphatic carboxylic acids is 1. The maximum atomic E-state index is 11.5. The van der Waals surface area contributed by atoms with Crippen LogP contribution in [-0.4, -0.2) is 41.2 Å². The van der Waals surface area contributed by atoms with Crippen LogP contribution in [0.2, 0.25) is 0 Å². The van der Waals surface area contributed by atoms with E-state index in [1.165, 1.54) is 0 Å². The molecule has 1 aromatic carbocycles. The van der Waals surface area contributed by atoms with E-state index in [1.807, 2.05) is 30.3 Å². The van der Waals surface area contributed by atoms with Gasteiger partial charge in [0.15, 0.2) is 0 Å². The third-order valence-electron chi connectivity index (χ3n) is 4.92. The van der Waals surface area contributed by atoms with Gasteiger partial charge in [-0.15, -0.1) is 0 Å². The highest BCUT2D eigenvalue weighted by molar-refractivity contribution is 9.10. The first-order chi connectivity index (χ1) is 12.6. The van der Waals surface area contributed by atoms with Crippen molar-refractivity contribution in [3.05, 3.63) is 58.3 Å². The molecule has 0 spiro atoms. The fourth-order valence-electron chi connectivity index (χ4n) is 3.61. The van der Waals surface area contributed by atoms with E-state index in [1.54, 1.807) is 13.3 Å². The van der Waals surface area contributed by atoms with Crippen molar-refractivity contribution in [1.82, 2.24) is 9.88 Å². The molecule has 0 radical (unpaired) electrons. The van der Waals surface area contributed by atoms with E-state index in [0.717, 1.165) is 40.9 Å². The van der Waals surface area contributed by atoms with E-state index in [2.05, 4.69) is 31.9 Å². The van der Waals surface area contributed by atoms with E-state index in [4.69, 9.17) is 4.74 Å². The summed E-state index contributed by atoms with van der Waals surface area (Å²) >= 11 is 3.55. The molecule has 6 heteroatoms. The molecule has 138 valence electrons. The van der Waals surface area contributed by atoms with Gasteiger partial charge in [-0.2, -0.15) is 0 Å². The van der Waals surface area contributed by atoms with Crippen molar-refractivity contribution < 1.29 is 14.6 Å². The minimum absolute atomic E-state index is 0.0134. The van der Waals surface area contributed by atoms with Crippen LogP contribution >= 0.6 is 15.9 Å². The Morgan fingerprint density at radius 3 is 2.96 bits per heavy atom. The Labute approximate surface area is 162 Å². The maximum absolute atomic E-state index is 11.5. The smallest absolute Gasteiger partial charge is 0.307 e. The van der Waals surface area contributed by atoms with Crippen LogP contribution in [0.1, 0.15) is 30.1 Å². The topological polar surface area (TPSA) is 62.7 Å². The highest BCUT2D eigenvalue weighted by Gasteiger charge is 2.32. The van der Waals surface area contributed by atoms with Gasteiger partial charge in [-0.3, -0.25) is 14.7 Å². The predicted molar refractivity (Wildman–Crippen MR) is 103 cm³/mol. The van der Waals surface area contributed by atoms with Crippen LogP contribution < -0.4 is 4.74 Å². The van der Waals surface area contributed by atoms with Crippen molar-refractivity contribution in [2.45, 2.75) is 25.3 Å². The van der Waals surface area contributed by atoms with Gasteiger partial charge in [0.1, 0.15) is 5.75 Å². The standard InChI is InChI=1S/C20H23BrN2O3/c1-26-19-8-7-15(21)11-17(19)18(12-16-6-2-3-9-22-16)23-10-4-5-14(13-23)20(24)25/h2-3,6-9,11,14,18H,4-5,10,12-13H2,1H3,(H,24,25). The molecule has 0 aliphatic carbocycles. The maximum Gasteiger partial charge on any atom is 0.307 e. The summed E-state index contributed by atoms with van der Waals surface area (Å²) in [5.74, 6) is -0.229. The van der Waals surface area contributed by atoms with Crippen LogP contribution in [0.5, 0.6) is 5.75 Å². The zero-order valence-corrected chi connectivity index (χ0v) is 16.4. The summed E-state index contributed by atoms with van der Waals surface area (Å²) in [4.78, 5) is 18.3. The second-order valence-corrected chi connectivity index (χ2v) is 7.52. The van der Waals surface area contributed by atoms with Crippen LogP contribution in [0.15, 0.2) is 47.1 Å². The Morgan fingerprint density at radius 2 is 2.27 bits per heavy atom. The molecule has 0 amide bonds. The van der Waals surface area contributed by atoms with Crippen molar-refractivity contribution >= 4 is 21.9 Å². The molecule has 2 atom stereocenters. The van der Waals surface area contributed by atoms with Gasteiger partial charge in [0, 0.05) is 40.9 Å². The fraction of sp³-hybridized carbons (Fsp3) is 0.400. The van der Waals surface area contributed by atoms with Crippen LogP contribution in [0.3, 0.4) is 0 Å². The Bertz CT molecular complexity index is 754. The van der Waals surface area contributed by atoms with E-state index in [0.29, 0.717) is 13.0 Å². The zero-order chi connectivity index (χ0) is 18.5. The third-order valence-corrected chi connectivity index (χ3v) is 5.42. The van der Waals surface area contributed by atoms with E-state index in [9.17, 15) is 9.90 Å². The number of piperidine rings is 1. The molecule has 1 fully saturated rings. The number of pyridine rings is 1. The lowest BCUT2D eigenvalue weighted by Gasteiger charge is -2.37. The first-order valence-corrected chi connectivity index (χ1v) is 9.58. The second-order valence-electron chi connectivity index (χ2n) is 6.60. The number of benzene rings is 1. The van der Waals surface area contributed by atoms with Crippen molar-refractivity contribution in [2.75, 3.05) is 20.2 Å². The number of carboxylic acids is 1. The minimum Gasteiger partial charge on any atom is -0.496 e. The Balaban J connectivity index is 1.96. The van der Waals surface area contributed by atoms with Crippen LogP contribution in [-0.2, 0) is 11.2 Å². The zero-order valence-electron chi connectivity index (χ0n) is 14.8. The summed E-state index contributed by atoms with van der Waals surface area (Å²) in [6.07, 6.45) is 4.12. The van der Waals surface area contributed by atoms with Crippen molar-refractivity contribution in [2.24, 2.45) is 5.92 Å². The monoisotopic (exact) mass is 418 g/mol. The summed E-state index contributed by atoms with van der Waals surface area (Å²) < 4.78 is 6.58. The van der Waals surface area contributed by atoms with Crippen molar-refractivity contribution in [1.29, 1.82) is 0 Å². The Kier molecular flexibility index (Phi) is 6.27. The number of hydrogen-bond acceptors (Lipinski definition) is 4. The lowest BCUT2D eigenvalue weighted by molar-refractivity contribution is -0.144. The first-order valence-electron chi connectivity index (χ1n) is 8.78. The first kappa shape index (κ1) is 18.9. The van der Waals surface area contributed by atoms with Crippen molar-refractivity contribution in [3.8, 4) is 5.75 Å². The second kappa shape index (κ2) is 8.64. The summed E-state index contributed by atoms with van der Waals surface area (Å²) in [6.45, 7) is 1.42. The molecule has 1 N–H and O–H groups in total. The van der Waals surface area contributed by atoms with Gasteiger partial charge in [-0.1, -0.05) is 22.0 Å². The number of ether oxygens (including phenoxy) is 1. The number of carbonyl (C=O) groups is 1. The van der Waals surface area contributed by atoms with Crippen LogP contribution in [0.25, 0.3) is 0 Å². The van der Waals surface area contributed by atoms with Gasteiger partial charge in [-0.25, -0.2) is 0 Å². The molecule has 1 aliphatic rings.